The Morgan fingerprint density at radius 1 is 0.757 bits per heavy atom. The van der Waals surface area contributed by atoms with E-state index in [1.54, 1.807) is 62.3 Å². The molecule has 2 aliphatic heterocycles. The predicted molar refractivity (Wildman–Crippen MR) is 274 cm³/mol. The first-order chi connectivity index (χ1) is 32.3. The zero-order valence-corrected chi connectivity index (χ0v) is 45.4. The molecule has 0 atom stereocenters. The molecule has 0 aromatic carbocycles. The van der Waals surface area contributed by atoms with Gasteiger partial charge in [0.1, 0.15) is 28.4 Å². The predicted octanol–water partition coefficient (Wildman–Crippen LogP) is 10.4. The number of carbonyl (C=O) groups excluding carboxylic acids is 5. The molecule has 22 heteroatoms. The fraction of sp³-hybridized carbons (Fsp3) is 0.729. The first kappa shape index (κ1) is 61.8. The lowest BCUT2D eigenvalue weighted by Crippen LogP contribution is -2.45. The highest BCUT2D eigenvalue weighted by atomic mass is 35.5. The van der Waals surface area contributed by atoms with Gasteiger partial charge < -0.3 is 35.5 Å². The number of aromatic nitrogens is 4. The molecule has 0 saturated heterocycles. The topological polar surface area (TPSA) is 224 Å². The largest absolute Gasteiger partial charge is 0.443 e. The average Bonchev–Trinajstić information content (AvgIpc) is 3.18. The zero-order valence-electron chi connectivity index (χ0n) is 43.1. The second-order valence-electron chi connectivity index (χ2n) is 20.3. The van der Waals surface area contributed by atoms with Crippen molar-refractivity contribution in [1.29, 1.82) is 0 Å². The quantitative estimate of drug-likeness (QED) is 0.0824. The van der Waals surface area contributed by atoms with Crippen molar-refractivity contribution in [1.82, 2.24) is 30.2 Å². The number of amides is 4. The third-order valence-corrected chi connectivity index (χ3v) is 11.3. The van der Waals surface area contributed by atoms with Crippen LogP contribution in [0.2, 0.25) is 0 Å². The third-order valence-electron chi connectivity index (χ3n) is 10.9. The average molecular weight is 1050 g/mol. The van der Waals surface area contributed by atoms with E-state index in [1.807, 2.05) is 11.8 Å². The van der Waals surface area contributed by atoms with Crippen molar-refractivity contribution in [3.8, 4) is 0 Å². The lowest BCUT2D eigenvalue weighted by Gasteiger charge is -2.35. The van der Waals surface area contributed by atoms with Crippen LogP contribution in [0.1, 0.15) is 163 Å². The third kappa shape index (κ3) is 20.1. The normalized spacial score (nSPS) is 15.3. The molecule has 0 unspecified atom stereocenters. The number of anilines is 4. The SMILES string of the molecule is CCCCN(C(=O)OC(C)(C)C)c1nc(N(C(=O)OC(C)(C)C)C(=O)OC(C)(C)C)nc2c1CNCC2.CCCCNc1nc(N)nc2c1CN(C(=O)C1CCC1)CC2.ClCCl.F.O=C(Cl)C1CCC1. The molecule has 2 aliphatic carbocycles. The molecule has 4 heterocycles. The molecule has 2 aromatic rings. The molecular weight excluding hydrogens is 970 g/mol. The van der Waals surface area contributed by atoms with Gasteiger partial charge in [-0.3, -0.25) is 19.2 Å². The van der Waals surface area contributed by atoms with E-state index < -0.39 is 35.1 Å². The van der Waals surface area contributed by atoms with Crippen LogP contribution >= 0.6 is 34.8 Å². The van der Waals surface area contributed by atoms with Gasteiger partial charge in [0, 0.05) is 68.5 Å². The van der Waals surface area contributed by atoms with Crippen LogP contribution in [0.4, 0.5) is 42.6 Å². The number of nitrogen functional groups attached to an aromatic ring is 1. The summed E-state index contributed by atoms with van der Waals surface area (Å²) in [5, 5.41) is 6.69. The Balaban J connectivity index is 0.000000424. The minimum atomic E-state index is -0.973. The number of hydrogen-bond donors (Lipinski definition) is 3. The first-order valence-corrected chi connectivity index (χ1v) is 25.6. The van der Waals surface area contributed by atoms with Gasteiger partial charge in [-0.15, -0.1) is 28.1 Å². The van der Waals surface area contributed by atoms with E-state index in [0.29, 0.717) is 67.0 Å². The maximum Gasteiger partial charge on any atom is 0.427 e. The van der Waals surface area contributed by atoms with Gasteiger partial charge in [0.2, 0.25) is 23.0 Å². The van der Waals surface area contributed by atoms with Crippen molar-refractivity contribution in [3.05, 3.63) is 22.5 Å². The fourth-order valence-electron chi connectivity index (χ4n) is 7.11. The molecule has 0 spiro atoms. The minimum Gasteiger partial charge on any atom is -0.443 e. The molecule has 4 aliphatic rings. The fourth-order valence-corrected chi connectivity index (χ4v) is 7.32. The maximum absolute atomic E-state index is 13.3. The van der Waals surface area contributed by atoms with Crippen molar-refractivity contribution < 1.29 is 42.9 Å². The molecule has 4 amide bonds. The minimum absolute atomic E-state index is 0. The Hall–Kier alpha value is -4.33. The van der Waals surface area contributed by atoms with Crippen molar-refractivity contribution in [2.24, 2.45) is 11.8 Å². The van der Waals surface area contributed by atoms with Gasteiger partial charge in [0.15, 0.2) is 0 Å². The number of imide groups is 1. The monoisotopic (exact) mass is 1050 g/mol. The molecule has 18 nitrogen and oxygen atoms in total. The number of fused-ring (bicyclic) bond motifs is 2. The molecule has 2 fully saturated rings. The van der Waals surface area contributed by atoms with Crippen LogP contribution in [0.15, 0.2) is 0 Å². The van der Waals surface area contributed by atoms with Crippen molar-refractivity contribution in [2.75, 3.05) is 52.4 Å². The summed E-state index contributed by atoms with van der Waals surface area (Å²) in [6.07, 6.45) is 9.00. The highest BCUT2D eigenvalue weighted by molar-refractivity contribution is 6.64. The second kappa shape index (κ2) is 28.6. The van der Waals surface area contributed by atoms with E-state index in [1.165, 1.54) is 17.7 Å². The first-order valence-electron chi connectivity index (χ1n) is 24.2. The number of rotatable bonds is 11. The van der Waals surface area contributed by atoms with E-state index in [4.69, 9.17) is 54.7 Å². The van der Waals surface area contributed by atoms with E-state index in [9.17, 15) is 24.0 Å². The molecule has 6 rings (SSSR count). The standard InChI is InChI=1S/C26H43N5O6.C16H25N5O.C5H7ClO.CH2Cl2.FH/c1-11-12-15-30(21(32)35-24(2,3)4)19-17-16-27-14-13-18(17)28-20(29-19)31(22(33)36-25(5,6)7)23(34)37-26(8,9)10;1-2-3-8-18-14-12-10-21(15(22)11-5-4-6-11)9-7-13(12)19-16(17)20-14;6-5(7)4-2-1-3-4;2-1-3;/h27H,11-16H2,1-10H3;11H,2-10H2,1H3,(H3,17,18,19,20);4H,1-3H2;1H2;1H. The Bertz CT molecular complexity index is 2010. The molecular formula is C48H78Cl3FN10O8. The zero-order chi connectivity index (χ0) is 51.7. The highest BCUT2D eigenvalue weighted by Crippen LogP contribution is 2.33. The summed E-state index contributed by atoms with van der Waals surface area (Å²) in [7, 11) is 0. The number of halogens is 4. The van der Waals surface area contributed by atoms with Gasteiger partial charge >= 0.3 is 18.3 Å². The summed E-state index contributed by atoms with van der Waals surface area (Å²) in [6.45, 7) is 23.3. The number of alkyl halides is 2. The molecule has 2 saturated carbocycles. The number of carbonyl (C=O) groups is 5. The van der Waals surface area contributed by atoms with Crippen LogP contribution in [-0.4, -0.2) is 103 Å². The van der Waals surface area contributed by atoms with Gasteiger partial charge in [-0.2, -0.15) is 9.97 Å². The lowest BCUT2D eigenvalue weighted by molar-refractivity contribution is -0.139. The number of unbranched alkanes of at least 4 members (excludes halogenated alkanes) is 2. The van der Waals surface area contributed by atoms with E-state index in [2.05, 4.69) is 37.5 Å². The van der Waals surface area contributed by atoms with E-state index in [-0.39, 0.29) is 38.9 Å². The molecule has 4 N–H and O–H groups in total. The van der Waals surface area contributed by atoms with E-state index in [0.717, 1.165) is 81.5 Å². The van der Waals surface area contributed by atoms with Crippen LogP contribution in [-0.2, 0) is 49.7 Å². The van der Waals surface area contributed by atoms with E-state index >= 15 is 0 Å². The summed E-state index contributed by atoms with van der Waals surface area (Å²) in [5.74, 6) is 1.94. The highest BCUT2D eigenvalue weighted by Gasteiger charge is 2.38. The van der Waals surface area contributed by atoms with Gasteiger partial charge in [0.05, 0.1) is 23.3 Å². The van der Waals surface area contributed by atoms with Crippen molar-refractivity contribution in [2.45, 2.75) is 183 Å². The number of nitrogens with zero attached hydrogens (tertiary/aromatic N) is 7. The Morgan fingerprint density at radius 3 is 1.76 bits per heavy atom. The summed E-state index contributed by atoms with van der Waals surface area (Å²) in [6, 6.07) is 0. The Morgan fingerprint density at radius 2 is 1.29 bits per heavy atom. The van der Waals surface area contributed by atoms with Crippen LogP contribution < -0.4 is 26.2 Å². The summed E-state index contributed by atoms with van der Waals surface area (Å²) in [4.78, 5) is 84.4. The lowest BCUT2D eigenvalue weighted by atomic mass is 9.84. The summed E-state index contributed by atoms with van der Waals surface area (Å²) < 4.78 is 16.7. The molecule has 2 aromatic heterocycles. The van der Waals surface area contributed by atoms with Crippen molar-refractivity contribution >= 4 is 87.8 Å². The van der Waals surface area contributed by atoms with Crippen LogP contribution in [0.5, 0.6) is 0 Å². The summed E-state index contributed by atoms with van der Waals surface area (Å²) >= 11 is 14.7. The van der Waals surface area contributed by atoms with Gasteiger partial charge in [-0.05, 0) is 112 Å². The van der Waals surface area contributed by atoms with Crippen LogP contribution in [0, 0.1) is 11.8 Å². The number of nitrogens with two attached hydrogens (primary N) is 1. The number of nitrogens with one attached hydrogen (secondary N) is 2. The van der Waals surface area contributed by atoms with Crippen LogP contribution in [0.3, 0.4) is 0 Å². The number of hydrogen-bond acceptors (Lipinski definition) is 15. The molecule has 0 bridgehead atoms. The van der Waals surface area contributed by atoms with Gasteiger partial charge in [-0.25, -0.2) is 24.4 Å². The Labute approximate surface area is 428 Å². The number of ether oxygens (including phenoxy) is 3. The molecule has 0 radical (unpaired) electrons. The van der Waals surface area contributed by atoms with Gasteiger partial charge in [0.25, 0.3) is 0 Å². The maximum atomic E-state index is 13.3. The van der Waals surface area contributed by atoms with Crippen LogP contribution in [0.25, 0.3) is 0 Å². The summed E-state index contributed by atoms with van der Waals surface area (Å²) in [5.41, 5.74) is 6.69. The smallest absolute Gasteiger partial charge is 0.427 e. The van der Waals surface area contributed by atoms with Crippen molar-refractivity contribution in [3.63, 3.8) is 0 Å². The Kier molecular flexibility index (Phi) is 25.3. The molecule has 396 valence electrons. The molecule has 70 heavy (non-hydrogen) atoms. The second-order valence-corrected chi connectivity index (χ2v) is 21.5. The van der Waals surface area contributed by atoms with Gasteiger partial charge in [-0.1, -0.05) is 39.5 Å².